The fraction of sp³-hybridized carbons (Fsp3) is 0.508. The molecule has 0 spiro atoms. The molecule has 0 fully saturated rings. The van der Waals surface area contributed by atoms with Gasteiger partial charge in [0.2, 0.25) is 0 Å². The van der Waals surface area contributed by atoms with E-state index < -0.39 is 6.10 Å². The number of hydrogen-bond donors (Lipinski definition) is 0. The summed E-state index contributed by atoms with van der Waals surface area (Å²) in [7, 11) is 0. The molecule has 0 radical (unpaired) electrons. The zero-order valence-electron chi connectivity index (χ0n) is 40.9. The Labute approximate surface area is 397 Å². The van der Waals surface area contributed by atoms with Crippen molar-refractivity contribution in [2.75, 3.05) is 13.2 Å². The summed E-state index contributed by atoms with van der Waals surface area (Å²) in [6, 6.07) is 0. The van der Waals surface area contributed by atoms with Crippen LogP contribution in [0.4, 0.5) is 0 Å². The van der Waals surface area contributed by atoms with Crippen LogP contribution < -0.4 is 0 Å². The predicted molar refractivity (Wildman–Crippen MR) is 278 cm³/mol. The summed E-state index contributed by atoms with van der Waals surface area (Å²) in [6.45, 7) is 6.18. The van der Waals surface area contributed by atoms with Gasteiger partial charge in [-0.2, -0.15) is 0 Å². The van der Waals surface area contributed by atoms with Gasteiger partial charge in [0, 0.05) is 19.3 Å². The molecule has 0 N–H and O–H groups in total. The van der Waals surface area contributed by atoms with Crippen molar-refractivity contribution >= 4 is 17.9 Å². The first-order valence-corrected chi connectivity index (χ1v) is 25.1. The summed E-state index contributed by atoms with van der Waals surface area (Å²) in [5.41, 5.74) is 0. The SMILES string of the molecule is CC\C=C/C=C\C=C/C=C\C=C/CCCC(=O)OCC(COC(=O)CCCCC\C=C/C=C/C=C\C=C/C=C\C=C/CC)OC(=O)CCCCCCCCC/C=C\C/C=C\CCCCC. The molecule has 360 valence electrons. The monoisotopic (exact) mass is 893 g/mol. The molecule has 0 bridgehead atoms. The Morgan fingerprint density at radius 3 is 1.14 bits per heavy atom. The van der Waals surface area contributed by atoms with Crippen LogP contribution in [0.5, 0.6) is 0 Å². The minimum Gasteiger partial charge on any atom is -0.462 e. The third-order valence-corrected chi connectivity index (χ3v) is 9.79. The van der Waals surface area contributed by atoms with Crippen molar-refractivity contribution < 1.29 is 28.6 Å². The molecule has 0 aromatic carbocycles. The highest BCUT2D eigenvalue weighted by Gasteiger charge is 2.19. The first-order chi connectivity index (χ1) is 32.0. The lowest BCUT2D eigenvalue weighted by Crippen LogP contribution is -2.30. The normalized spacial score (nSPS) is 13.5. The van der Waals surface area contributed by atoms with Crippen molar-refractivity contribution in [1.29, 1.82) is 0 Å². The van der Waals surface area contributed by atoms with Gasteiger partial charge in [-0.3, -0.25) is 14.4 Å². The highest BCUT2D eigenvalue weighted by molar-refractivity contribution is 5.71. The molecule has 0 saturated carbocycles. The zero-order chi connectivity index (χ0) is 47.2. The molecule has 1 atom stereocenters. The second-order valence-electron chi connectivity index (χ2n) is 15.9. The van der Waals surface area contributed by atoms with Crippen LogP contribution in [0, 0.1) is 0 Å². The number of carbonyl (C=O) groups excluding carboxylic acids is 3. The summed E-state index contributed by atoms with van der Waals surface area (Å²) in [6.07, 6.45) is 75.1. The van der Waals surface area contributed by atoms with Gasteiger partial charge in [-0.05, 0) is 83.5 Å². The predicted octanol–water partition coefficient (Wildman–Crippen LogP) is 16.6. The van der Waals surface area contributed by atoms with E-state index in [1.807, 2.05) is 115 Å². The van der Waals surface area contributed by atoms with Crippen molar-refractivity contribution in [2.45, 2.75) is 181 Å². The smallest absolute Gasteiger partial charge is 0.306 e. The van der Waals surface area contributed by atoms with Gasteiger partial charge in [0.15, 0.2) is 6.10 Å². The molecule has 6 heteroatoms. The summed E-state index contributed by atoms with van der Waals surface area (Å²) >= 11 is 0. The number of ether oxygens (including phenoxy) is 3. The Bertz CT molecular complexity index is 1540. The van der Waals surface area contributed by atoms with E-state index in [-0.39, 0.29) is 50.4 Å². The fourth-order valence-electron chi connectivity index (χ4n) is 6.06. The van der Waals surface area contributed by atoms with E-state index in [9.17, 15) is 14.4 Å². The summed E-state index contributed by atoms with van der Waals surface area (Å²) < 4.78 is 16.7. The average molecular weight is 893 g/mol. The van der Waals surface area contributed by atoms with E-state index in [1.165, 1.54) is 44.9 Å². The van der Waals surface area contributed by atoms with Crippen LogP contribution in [0.25, 0.3) is 0 Å². The van der Waals surface area contributed by atoms with E-state index in [0.29, 0.717) is 12.8 Å². The fourth-order valence-corrected chi connectivity index (χ4v) is 6.06. The highest BCUT2D eigenvalue weighted by atomic mass is 16.6. The van der Waals surface area contributed by atoms with Crippen LogP contribution in [0.2, 0.25) is 0 Å². The first-order valence-electron chi connectivity index (χ1n) is 25.1. The lowest BCUT2D eigenvalue weighted by atomic mass is 10.1. The van der Waals surface area contributed by atoms with Gasteiger partial charge in [0.1, 0.15) is 13.2 Å². The van der Waals surface area contributed by atoms with Gasteiger partial charge in [0.25, 0.3) is 0 Å². The van der Waals surface area contributed by atoms with Crippen LogP contribution in [-0.2, 0) is 28.6 Å². The number of allylic oxidation sites excluding steroid dienone is 26. The lowest BCUT2D eigenvalue weighted by molar-refractivity contribution is -0.167. The maximum atomic E-state index is 12.8. The molecule has 0 heterocycles. The number of unbranched alkanes of at least 4 members (excludes halogenated alkanes) is 14. The third kappa shape index (κ3) is 49.9. The largest absolute Gasteiger partial charge is 0.462 e. The van der Waals surface area contributed by atoms with Crippen molar-refractivity contribution in [3.8, 4) is 0 Å². The van der Waals surface area contributed by atoms with Gasteiger partial charge >= 0.3 is 17.9 Å². The van der Waals surface area contributed by atoms with Crippen molar-refractivity contribution in [1.82, 2.24) is 0 Å². The molecular formula is C59H88O6. The van der Waals surface area contributed by atoms with Crippen LogP contribution >= 0.6 is 0 Å². The maximum absolute atomic E-state index is 12.8. The molecule has 0 aliphatic carbocycles. The van der Waals surface area contributed by atoms with Gasteiger partial charge in [0.05, 0.1) is 0 Å². The van der Waals surface area contributed by atoms with E-state index in [4.69, 9.17) is 14.2 Å². The Balaban J connectivity index is 4.62. The Hall–Kier alpha value is -4.97. The molecule has 0 aromatic heterocycles. The van der Waals surface area contributed by atoms with Crippen molar-refractivity contribution in [3.05, 3.63) is 158 Å². The summed E-state index contributed by atoms with van der Waals surface area (Å²) in [4.78, 5) is 37.9. The van der Waals surface area contributed by atoms with Crippen LogP contribution in [0.1, 0.15) is 175 Å². The summed E-state index contributed by atoms with van der Waals surface area (Å²) in [5.74, 6) is -1.07. The molecule has 0 amide bonds. The molecule has 0 aliphatic heterocycles. The van der Waals surface area contributed by atoms with Crippen LogP contribution in [-0.4, -0.2) is 37.2 Å². The molecule has 6 nitrogen and oxygen atoms in total. The minimum absolute atomic E-state index is 0.135. The Kier molecular flexibility index (Phi) is 47.7. The quantitative estimate of drug-likeness (QED) is 0.0200. The van der Waals surface area contributed by atoms with Crippen molar-refractivity contribution in [3.63, 3.8) is 0 Å². The lowest BCUT2D eigenvalue weighted by Gasteiger charge is -2.18. The van der Waals surface area contributed by atoms with Crippen LogP contribution in [0.3, 0.4) is 0 Å². The average Bonchev–Trinajstić information content (AvgIpc) is 3.30. The standard InChI is InChI=1S/C59H88O6/c1-4-7-10-13-16-19-22-25-27-29-31-34-37-40-43-46-49-52-58(61)64-55-56(54-63-57(60)51-48-45-42-39-36-33-24-21-18-15-12-9-6-3)65-59(62)53-50-47-44-41-38-35-32-30-28-26-23-20-17-14-11-8-5-2/h7,9-10,12-13,15-22,24-29,31,33-34,36-37,39,42,56H,4-6,8,11,14,23,30,32,35,38,40-41,43-55H2,1-3H3/b10-7-,12-9-,16-13-,18-15-,20-17-,22-19-,24-21-,27-25-,28-26-,31-29+,36-33-,37-34-,42-39-. The molecule has 0 rings (SSSR count). The highest BCUT2D eigenvalue weighted by Crippen LogP contribution is 2.12. The zero-order valence-corrected chi connectivity index (χ0v) is 40.9. The van der Waals surface area contributed by atoms with E-state index >= 15 is 0 Å². The maximum Gasteiger partial charge on any atom is 0.306 e. The number of hydrogen-bond acceptors (Lipinski definition) is 6. The number of esters is 3. The molecule has 1 unspecified atom stereocenters. The Morgan fingerprint density at radius 2 is 0.677 bits per heavy atom. The van der Waals surface area contributed by atoms with Gasteiger partial charge < -0.3 is 14.2 Å². The minimum atomic E-state index is -0.837. The summed E-state index contributed by atoms with van der Waals surface area (Å²) in [5, 5.41) is 0. The third-order valence-electron chi connectivity index (χ3n) is 9.79. The first kappa shape index (κ1) is 60.0. The van der Waals surface area contributed by atoms with Crippen LogP contribution in [0.15, 0.2) is 158 Å². The van der Waals surface area contributed by atoms with Gasteiger partial charge in [-0.1, -0.05) is 230 Å². The molecule has 0 saturated heterocycles. The van der Waals surface area contributed by atoms with Gasteiger partial charge in [-0.15, -0.1) is 0 Å². The molecule has 0 aromatic rings. The van der Waals surface area contributed by atoms with Crippen molar-refractivity contribution in [2.24, 2.45) is 0 Å². The van der Waals surface area contributed by atoms with E-state index in [1.54, 1.807) is 0 Å². The second-order valence-corrected chi connectivity index (χ2v) is 15.9. The Morgan fingerprint density at radius 1 is 0.338 bits per heavy atom. The molecule has 65 heavy (non-hydrogen) atoms. The topological polar surface area (TPSA) is 78.9 Å². The molecule has 0 aliphatic rings. The van der Waals surface area contributed by atoms with E-state index in [0.717, 1.165) is 77.0 Å². The van der Waals surface area contributed by atoms with Gasteiger partial charge in [-0.25, -0.2) is 0 Å². The van der Waals surface area contributed by atoms with E-state index in [2.05, 4.69) is 63.3 Å². The molecular weight excluding hydrogens is 805 g/mol. The number of carbonyl (C=O) groups is 3. The number of rotatable bonds is 42. The second kappa shape index (κ2) is 51.7.